The average molecular weight is 431 g/mol. The highest BCUT2D eigenvalue weighted by Crippen LogP contribution is 2.29. The summed E-state index contributed by atoms with van der Waals surface area (Å²) in [5.41, 5.74) is 0.519. The standard InChI is InChI=1S/C24H38N4O3/c1-15-13-19(22(30)26-16(2)18-11-9-8-10-12-18)28(14-15)23(31)20(24(4,5)6)27-21(29)17(3)25-7/h8-12,15-17,19-20,25H,13-14H2,1-7H3,(H,26,30)(H,27,29)/t15-,16+,17-,19-,20+/m0/s1. The van der Waals surface area contributed by atoms with Crippen LogP contribution in [0.4, 0.5) is 0 Å². The number of nitrogens with zero attached hydrogens (tertiary/aromatic N) is 1. The van der Waals surface area contributed by atoms with Crippen molar-refractivity contribution in [3.63, 3.8) is 0 Å². The fourth-order valence-electron chi connectivity index (χ4n) is 3.89. The Hall–Kier alpha value is -2.41. The van der Waals surface area contributed by atoms with Crippen molar-refractivity contribution in [2.24, 2.45) is 11.3 Å². The van der Waals surface area contributed by atoms with Crippen molar-refractivity contribution in [1.82, 2.24) is 20.9 Å². The highest BCUT2D eigenvalue weighted by Gasteiger charge is 2.44. The lowest BCUT2D eigenvalue weighted by Crippen LogP contribution is -2.59. The average Bonchev–Trinajstić information content (AvgIpc) is 3.12. The minimum atomic E-state index is -0.719. The van der Waals surface area contributed by atoms with Crippen LogP contribution in [0, 0.1) is 11.3 Å². The van der Waals surface area contributed by atoms with Crippen LogP contribution in [0.15, 0.2) is 30.3 Å². The maximum absolute atomic E-state index is 13.6. The van der Waals surface area contributed by atoms with E-state index >= 15 is 0 Å². The van der Waals surface area contributed by atoms with Crippen molar-refractivity contribution in [3.05, 3.63) is 35.9 Å². The van der Waals surface area contributed by atoms with E-state index in [1.54, 1.807) is 18.9 Å². The number of carbonyl (C=O) groups is 3. The Balaban J connectivity index is 2.19. The molecule has 0 unspecified atom stereocenters. The maximum Gasteiger partial charge on any atom is 0.246 e. The number of nitrogens with one attached hydrogen (secondary N) is 3. The molecule has 5 atom stereocenters. The summed E-state index contributed by atoms with van der Waals surface area (Å²) in [5.74, 6) is -0.390. The third-order valence-corrected chi connectivity index (χ3v) is 5.98. The molecule has 1 aromatic carbocycles. The molecule has 1 aromatic rings. The van der Waals surface area contributed by atoms with Crippen LogP contribution in [-0.4, -0.2) is 54.3 Å². The molecule has 31 heavy (non-hydrogen) atoms. The van der Waals surface area contributed by atoms with E-state index in [4.69, 9.17) is 0 Å². The maximum atomic E-state index is 13.6. The third kappa shape index (κ3) is 6.29. The lowest BCUT2D eigenvalue weighted by molar-refractivity contribution is -0.144. The first-order valence-corrected chi connectivity index (χ1v) is 11.1. The number of benzene rings is 1. The summed E-state index contributed by atoms with van der Waals surface area (Å²) in [6, 6.07) is 7.92. The minimum absolute atomic E-state index is 0.156. The molecule has 3 N–H and O–H groups in total. The van der Waals surface area contributed by atoms with E-state index in [9.17, 15) is 14.4 Å². The highest BCUT2D eigenvalue weighted by atomic mass is 16.2. The molecule has 0 aromatic heterocycles. The van der Waals surface area contributed by atoms with Gasteiger partial charge in [0.15, 0.2) is 0 Å². The number of hydrogen-bond donors (Lipinski definition) is 3. The molecule has 1 aliphatic heterocycles. The zero-order valence-electron chi connectivity index (χ0n) is 19.9. The van der Waals surface area contributed by atoms with E-state index in [1.165, 1.54) is 0 Å². The summed E-state index contributed by atoms with van der Waals surface area (Å²) < 4.78 is 0. The fourth-order valence-corrected chi connectivity index (χ4v) is 3.89. The Morgan fingerprint density at radius 3 is 2.23 bits per heavy atom. The molecule has 172 valence electrons. The van der Waals surface area contributed by atoms with Gasteiger partial charge in [-0.2, -0.15) is 0 Å². The van der Waals surface area contributed by atoms with E-state index in [0.717, 1.165) is 5.56 Å². The van der Waals surface area contributed by atoms with Crippen LogP contribution >= 0.6 is 0 Å². The lowest BCUT2D eigenvalue weighted by atomic mass is 9.85. The summed E-state index contributed by atoms with van der Waals surface area (Å²) in [6.45, 7) is 12.0. The second-order valence-electron chi connectivity index (χ2n) is 9.81. The summed E-state index contributed by atoms with van der Waals surface area (Å²) in [6.07, 6.45) is 0.608. The van der Waals surface area contributed by atoms with Crippen molar-refractivity contribution in [3.8, 4) is 0 Å². The number of amides is 3. The van der Waals surface area contributed by atoms with E-state index < -0.39 is 23.5 Å². The molecule has 3 amide bonds. The normalized spacial score (nSPS) is 21.8. The van der Waals surface area contributed by atoms with Crippen LogP contribution < -0.4 is 16.0 Å². The highest BCUT2D eigenvalue weighted by molar-refractivity contribution is 5.94. The summed E-state index contributed by atoms with van der Waals surface area (Å²) in [7, 11) is 1.70. The van der Waals surface area contributed by atoms with Gasteiger partial charge >= 0.3 is 0 Å². The Kier molecular flexibility index (Phi) is 8.23. The molecule has 0 radical (unpaired) electrons. The van der Waals surface area contributed by atoms with Crippen LogP contribution in [0.5, 0.6) is 0 Å². The molecule has 0 spiro atoms. The van der Waals surface area contributed by atoms with Gasteiger partial charge in [-0.1, -0.05) is 58.0 Å². The van der Waals surface area contributed by atoms with Crippen molar-refractivity contribution in [1.29, 1.82) is 0 Å². The summed E-state index contributed by atoms with van der Waals surface area (Å²) >= 11 is 0. The molecule has 0 bridgehead atoms. The number of rotatable bonds is 7. The first-order chi connectivity index (χ1) is 14.5. The van der Waals surface area contributed by atoms with E-state index in [-0.39, 0.29) is 29.7 Å². The van der Waals surface area contributed by atoms with Crippen molar-refractivity contribution < 1.29 is 14.4 Å². The van der Waals surface area contributed by atoms with Crippen LogP contribution in [0.1, 0.15) is 59.6 Å². The van der Waals surface area contributed by atoms with Crippen molar-refractivity contribution in [2.45, 2.75) is 72.1 Å². The number of likely N-dealkylation sites (N-methyl/N-ethyl adjacent to an activating group) is 1. The molecule has 0 saturated carbocycles. The molecule has 1 aliphatic rings. The van der Waals surface area contributed by atoms with Crippen LogP contribution in [0.2, 0.25) is 0 Å². The van der Waals surface area contributed by atoms with Gasteiger partial charge in [0.1, 0.15) is 12.1 Å². The molecule has 7 heteroatoms. The smallest absolute Gasteiger partial charge is 0.246 e. The zero-order chi connectivity index (χ0) is 23.3. The topological polar surface area (TPSA) is 90.5 Å². The van der Waals surface area contributed by atoms with Crippen LogP contribution in [-0.2, 0) is 14.4 Å². The van der Waals surface area contributed by atoms with E-state index in [1.807, 2.05) is 65.0 Å². The summed E-state index contributed by atoms with van der Waals surface area (Å²) in [4.78, 5) is 40.9. The third-order valence-electron chi connectivity index (χ3n) is 5.98. The predicted molar refractivity (Wildman–Crippen MR) is 122 cm³/mol. The minimum Gasteiger partial charge on any atom is -0.348 e. The van der Waals surface area contributed by atoms with Crippen molar-refractivity contribution in [2.75, 3.05) is 13.6 Å². The van der Waals surface area contributed by atoms with Crippen molar-refractivity contribution >= 4 is 17.7 Å². The van der Waals surface area contributed by atoms with Gasteiger partial charge in [-0.15, -0.1) is 0 Å². The lowest BCUT2D eigenvalue weighted by Gasteiger charge is -2.36. The van der Waals surface area contributed by atoms with Gasteiger partial charge in [0.25, 0.3) is 0 Å². The second kappa shape index (κ2) is 10.3. The van der Waals surface area contributed by atoms with Crippen LogP contribution in [0.3, 0.4) is 0 Å². The van der Waals surface area contributed by atoms with E-state index in [0.29, 0.717) is 13.0 Å². The van der Waals surface area contributed by atoms with Gasteiger partial charge in [0, 0.05) is 6.54 Å². The molecular weight excluding hydrogens is 392 g/mol. The van der Waals surface area contributed by atoms with Gasteiger partial charge < -0.3 is 20.9 Å². The number of likely N-dealkylation sites (tertiary alicyclic amines) is 1. The molecular formula is C24H38N4O3. The Morgan fingerprint density at radius 1 is 1.06 bits per heavy atom. The Labute approximate surface area is 186 Å². The Morgan fingerprint density at radius 2 is 1.68 bits per heavy atom. The van der Waals surface area contributed by atoms with E-state index in [2.05, 4.69) is 16.0 Å². The molecule has 2 rings (SSSR count). The predicted octanol–water partition coefficient (Wildman–Crippen LogP) is 2.24. The largest absolute Gasteiger partial charge is 0.348 e. The van der Waals surface area contributed by atoms with Gasteiger partial charge in [0.2, 0.25) is 17.7 Å². The number of carbonyl (C=O) groups excluding carboxylic acids is 3. The monoisotopic (exact) mass is 430 g/mol. The SMILES string of the molecule is CN[C@@H](C)C(=O)N[C@H](C(=O)N1C[C@@H](C)C[C@H]1C(=O)N[C@H](C)c1ccccc1)C(C)(C)C. The molecule has 0 aliphatic carbocycles. The Bertz CT molecular complexity index is 775. The molecule has 1 fully saturated rings. The summed E-state index contributed by atoms with van der Waals surface area (Å²) in [5, 5.41) is 8.86. The first kappa shape index (κ1) is 24.9. The van der Waals surface area contributed by atoms with Gasteiger partial charge in [-0.25, -0.2) is 0 Å². The fraction of sp³-hybridized carbons (Fsp3) is 0.625. The first-order valence-electron chi connectivity index (χ1n) is 11.1. The second-order valence-corrected chi connectivity index (χ2v) is 9.81. The van der Waals surface area contributed by atoms with Gasteiger partial charge in [0.05, 0.1) is 12.1 Å². The zero-order valence-corrected chi connectivity index (χ0v) is 19.9. The molecule has 7 nitrogen and oxygen atoms in total. The van der Waals surface area contributed by atoms with Gasteiger partial charge in [-0.3, -0.25) is 14.4 Å². The molecule has 1 saturated heterocycles. The number of hydrogen-bond acceptors (Lipinski definition) is 4. The van der Waals surface area contributed by atoms with Crippen LogP contribution in [0.25, 0.3) is 0 Å². The van der Waals surface area contributed by atoms with Gasteiger partial charge in [-0.05, 0) is 44.2 Å². The molecule has 1 heterocycles. The quantitative estimate of drug-likeness (QED) is 0.619.